The summed E-state index contributed by atoms with van der Waals surface area (Å²) in [6.07, 6.45) is 0.983. The van der Waals surface area contributed by atoms with Gasteiger partial charge in [0.15, 0.2) is 11.6 Å². The molecule has 4 heteroatoms. The Bertz CT molecular complexity index is 436. The van der Waals surface area contributed by atoms with Gasteiger partial charge in [0.25, 0.3) is 0 Å². The van der Waals surface area contributed by atoms with Crippen LogP contribution in [0.25, 0.3) is 0 Å². The molecule has 1 saturated carbocycles. The zero-order chi connectivity index (χ0) is 13.1. The Morgan fingerprint density at radius 3 is 2.78 bits per heavy atom. The standard InChI is InChI=1S/C14H18FNO2/c1-10-9-11(10)14(17)16(2)7-8-18-13-6-4-3-5-12(13)15/h3-6,10-11H,7-9H2,1-2H3. The van der Waals surface area contributed by atoms with Crippen LogP contribution in [0.5, 0.6) is 5.75 Å². The van der Waals surface area contributed by atoms with Gasteiger partial charge in [0.2, 0.25) is 5.91 Å². The van der Waals surface area contributed by atoms with Crippen LogP contribution in [0, 0.1) is 17.7 Å². The van der Waals surface area contributed by atoms with Crippen LogP contribution in [-0.2, 0) is 4.79 Å². The molecule has 2 atom stereocenters. The average Bonchev–Trinajstić information content (AvgIpc) is 3.08. The summed E-state index contributed by atoms with van der Waals surface area (Å²) in [5, 5.41) is 0. The van der Waals surface area contributed by atoms with Crippen molar-refractivity contribution in [1.29, 1.82) is 0 Å². The van der Waals surface area contributed by atoms with E-state index in [0.717, 1.165) is 6.42 Å². The van der Waals surface area contributed by atoms with Crippen molar-refractivity contribution in [2.45, 2.75) is 13.3 Å². The predicted molar refractivity (Wildman–Crippen MR) is 66.8 cm³/mol. The zero-order valence-corrected chi connectivity index (χ0v) is 10.7. The molecule has 18 heavy (non-hydrogen) atoms. The van der Waals surface area contributed by atoms with Gasteiger partial charge in [-0.3, -0.25) is 4.79 Å². The van der Waals surface area contributed by atoms with Crippen molar-refractivity contribution >= 4 is 5.91 Å². The maximum atomic E-state index is 13.3. The van der Waals surface area contributed by atoms with Crippen molar-refractivity contribution in [2.24, 2.45) is 11.8 Å². The molecule has 1 aliphatic carbocycles. The minimum Gasteiger partial charge on any atom is -0.489 e. The van der Waals surface area contributed by atoms with E-state index in [2.05, 4.69) is 6.92 Å². The average molecular weight is 251 g/mol. The first kappa shape index (κ1) is 12.9. The molecule has 2 rings (SSSR count). The van der Waals surface area contributed by atoms with Gasteiger partial charge in [-0.25, -0.2) is 4.39 Å². The van der Waals surface area contributed by atoms with Crippen LogP contribution < -0.4 is 4.74 Å². The van der Waals surface area contributed by atoms with E-state index in [1.807, 2.05) is 0 Å². The quantitative estimate of drug-likeness (QED) is 0.803. The lowest BCUT2D eigenvalue weighted by molar-refractivity contribution is -0.131. The van der Waals surface area contributed by atoms with Crippen LogP contribution in [0.4, 0.5) is 4.39 Å². The van der Waals surface area contributed by atoms with E-state index in [1.165, 1.54) is 6.07 Å². The zero-order valence-electron chi connectivity index (χ0n) is 10.7. The molecule has 1 aliphatic rings. The van der Waals surface area contributed by atoms with Gasteiger partial charge in [-0.1, -0.05) is 19.1 Å². The van der Waals surface area contributed by atoms with Crippen molar-refractivity contribution in [2.75, 3.05) is 20.2 Å². The number of hydrogen-bond acceptors (Lipinski definition) is 2. The number of nitrogens with zero attached hydrogens (tertiary/aromatic N) is 1. The Labute approximate surface area is 107 Å². The van der Waals surface area contributed by atoms with Gasteiger partial charge in [-0.05, 0) is 24.5 Å². The van der Waals surface area contributed by atoms with Crippen molar-refractivity contribution in [3.05, 3.63) is 30.1 Å². The van der Waals surface area contributed by atoms with Crippen molar-refractivity contribution in [1.82, 2.24) is 4.90 Å². The molecule has 3 nitrogen and oxygen atoms in total. The van der Waals surface area contributed by atoms with E-state index in [0.29, 0.717) is 19.1 Å². The van der Waals surface area contributed by atoms with E-state index in [4.69, 9.17) is 4.74 Å². The molecular formula is C14H18FNO2. The highest BCUT2D eigenvalue weighted by Crippen LogP contribution is 2.38. The molecule has 2 unspecified atom stereocenters. The highest BCUT2D eigenvalue weighted by molar-refractivity contribution is 5.81. The van der Waals surface area contributed by atoms with Crippen LogP contribution in [-0.4, -0.2) is 31.0 Å². The predicted octanol–water partition coefficient (Wildman–Crippen LogP) is 2.32. The molecule has 1 amide bonds. The van der Waals surface area contributed by atoms with Gasteiger partial charge in [-0.2, -0.15) is 0 Å². The lowest BCUT2D eigenvalue weighted by Crippen LogP contribution is -2.32. The Morgan fingerprint density at radius 2 is 2.17 bits per heavy atom. The third-order valence-corrected chi connectivity index (χ3v) is 3.32. The summed E-state index contributed by atoms with van der Waals surface area (Å²) < 4.78 is 18.6. The lowest BCUT2D eigenvalue weighted by atomic mass is 10.3. The smallest absolute Gasteiger partial charge is 0.225 e. The number of halogens is 1. The van der Waals surface area contributed by atoms with E-state index in [-0.39, 0.29) is 23.4 Å². The first-order valence-corrected chi connectivity index (χ1v) is 6.22. The molecular weight excluding hydrogens is 233 g/mol. The number of rotatable bonds is 5. The third-order valence-electron chi connectivity index (χ3n) is 3.32. The third kappa shape index (κ3) is 3.00. The fourth-order valence-corrected chi connectivity index (χ4v) is 1.91. The number of hydrogen-bond donors (Lipinski definition) is 0. The monoisotopic (exact) mass is 251 g/mol. The van der Waals surface area contributed by atoms with Gasteiger partial charge in [-0.15, -0.1) is 0 Å². The van der Waals surface area contributed by atoms with Crippen molar-refractivity contribution in [3.8, 4) is 5.75 Å². The van der Waals surface area contributed by atoms with Crippen molar-refractivity contribution in [3.63, 3.8) is 0 Å². The molecule has 0 bridgehead atoms. The summed E-state index contributed by atoms with van der Waals surface area (Å²) in [6, 6.07) is 6.28. The summed E-state index contributed by atoms with van der Waals surface area (Å²) in [6.45, 7) is 2.87. The van der Waals surface area contributed by atoms with Crippen LogP contribution in [0.15, 0.2) is 24.3 Å². The molecule has 0 saturated heterocycles. The Morgan fingerprint density at radius 1 is 1.50 bits per heavy atom. The maximum absolute atomic E-state index is 13.3. The fourth-order valence-electron chi connectivity index (χ4n) is 1.91. The summed E-state index contributed by atoms with van der Waals surface area (Å²) in [7, 11) is 1.76. The van der Waals surface area contributed by atoms with Crippen LogP contribution >= 0.6 is 0 Å². The van der Waals surface area contributed by atoms with Gasteiger partial charge < -0.3 is 9.64 Å². The highest BCUT2D eigenvalue weighted by Gasteiger charge is 2.40. The molecule has 98 valence electrons. The Balaban J connectivity index is 1.75. The van der Waals surface area contributed by atoms with E-state index >= 15 is 0 Å². The molecule has 1 aromatic carbocycles. The van der Waals surface area contributed by atoms with Gasteiger partial charge in [0.1, 0.15) is 6.61 Å². The van der Waals surface area contributed by atoms with Crippen LogP contribution in [0.2, 0.25) is 0 Å². The first-order chi connectivity index (χ1) is 8.59. The summed E-state index contributed by atoms with van der Waals surface area (Å²) in [4.78, 5) is 13.5. The lowest BCUT2D eigenvalue weighted by Gasteiger charge is -2.17. The largest absolute Gasteiger partial charge is 0.489 e. The van der Waals surface area contributed by atoms with Crippen LogP contribution in [0.1, 0.15) is 13.3 Å². The highest BCUT2D eigenvalue weighted by atomic mass is 19.1. The Kier molecular flexibility index (Phi) is 3.84. The second-order valence-corrected chi connectivity index (χ2v) is 4.86. The summed E-state index contributed by atoms with van der Waals surface area (Å²) >= 11 is 0. The van der Waals surface area contributed by atoms with Gasteiger partial charge in [0.05, 0.1) is 6.54 Å². The molecule has 1 aromatic rings. The minimum atomic E-state index is -0.373. The molecule has 0 aromatic heterocycles. The number of carbonyl (C=O) groups is 1. The molecule has 0 N–H and O–H groups in total. The van der Waals surface area contributed by atoms with E-state index in [1.54, 1.807) is 30.1 Å². The second kappa shape index (κ2) is 5.38. The SMILES string of the molecule is CC1CC1C(=O)N(C)CCOc1ccccc1F. The topological polar surface area (TPSA) is 29.5 Å². The normalized spacial score (nSPS) is 21.5. The van der Waals surface area contributed by atoms with Crippen LogP contribution in [0.3, 0.4) is 0 Å². The second-order valence-electron chi connectivity index (χ2n) is 4.86. The summed E-state index contributed by atoms with van der Waals surface area (Å²) in [5.41, 5.74) is 0. The summed E-state index contributed by atoms with van der Waals surface area (Å²) in [5.74, 6) is 0.718. The van der Waals surface area contributed by atoms with Gasteiger partial charge in [0, 0.05) is 13.0 Å². The number of carbonyl (C=O) groups excluding carboxylic acids is 1. The Hall–Kier alpha value is -1.58. The molecule has 0 aliphatic heterocycles. The first-order valence-electron chi connectivity index (χ1n) is 6.22. The van der Waals surface area contributed by atoms with Gasteiger partial charge >= 0.3 is 0 Å². The minimum absolute atomic E-state index is 0.166. The fraction of sp³-hybridized carbons (Fsp3) is 0.500. The van der Waals surface area contributed by atoms with E-state index < -0.39 is 0 Å². The number of benzene rings is 1. The number of para-hydroxylation sites is 1. The number of likely N-dealkylation sites (N-methyl/N-ethyl adjacent to an activating group) is 1. The number of amides is 1. The molecule has 0 heterocycles. The van der Waals surface area contributed by atoms with E-state index in [9.17, 15) is 9.18 Å². The van der Waals surface area contributed by atoms with Crippen molar-refractivity contribution < 1.29 is 13.9 Å². The number of ether oxygens (including phenoxy) is 1. The molecule has 1 fully saturated rings. The maximum Gasteiger partial charge on any atom is 0.225 e. The molecule has 0 radical (unpaired) electrons. The molecule has 0 spiro atoms.